The van der Waals surface area contributed by atoms with Gasteiger partial charge in [-0.2, -0.15) is 5.10 Å². The molecule has 1 amide bonds. The number of aromatic amines is 1. The summed E-state index contributed by atoms with van der Waals surface area (Å²) in [5.41, 5.74) is 0.827. The Morgan fingerprint density at radius 3 is 2.69 bits per heavy atom. The first-order valence-corrected chi connectivity index (χ1v) is 9.13. The van der Waals surface area contributed by atoms with E-state index in [1.165, 1.54) is 0 Å². The molecule has 4 fully saturated rings. The molecule has 2 bridgehead atoms. The fraction of sp³-hybridized carbons (Fsp3) is 0.474. The van der Waals surface area contributed by atoms with Crippen molar-refractivity contribution < 1.29 is 13.6 Å². The third kappa shape index (κ3) is 2.23. The van der Waals surface area contributed by atoms with E-state index in [4.69, 9.17) is 0 Å². The number of carbonyl (C=O) groups excluding carboxylic acids is 1. The molecule has 6 rings (SSSR count). The molecule has 26 heavy (non-hydrogen) atoms. The van der Waals surface area contributed by atoms with Crippen LogP contribution in [0.3, 0.4) is 0 Å². The standard InChI is InChI=1S/C19H20F2N4O/c20-14-3-1-2-12(16(14)21)13-10-25(19(26)15-4-7-22-23-15)17-11-5-8-24(9-6-11)18(13)17/h1-4,7,11,13,17-18H,5-6,8-10H2,(H,22,23)/t13-,17-,18-/m1/s1. The second-order valence-corrected chi connectivity index (χ2v) is 7.53. The highest BCUT2D eigenvalue weighted by atomic mass is 19.2. The van der Waals surface area contributed by atoms with Crippen molar-refractivity contribution in [1.82, 2.24) is 20.0 Å². The van der Waals surface area contributed by atoms with Crippen LogP contribution in [0.5, 0.6) is 0 Å². The van der Waals surface area contributed by atoms with E-state index in [0.29, 0.717) is 23.7 Å². The highest BCUT2D eigenvalue weighted by Gasteiger charge is 2.55. The predicted molar refractivity (Wildman–Crippen MR) is 90.6 cm³/mol. The van der Waals surface area contributed by atoms with Crippen LogP contribution in [0.25, 0.3) is 0 Å². The van der Waals surface area contributed by atoms with Gasteiger partial charge in [-0.05, 0) is 49.5 Å². The van der Waals surface area contributed by atoms with Crippen molar-refractivity contribution in [2.24, 2.45) is 5.92 Å². The third-order valence-electron chi connectivity index (χ3n) is 6.37. The molecule has 3 atom stereocenters. The van der Waals surface area contributed by atoms with E-state index in [9.17, 15) is 13.6 Å². The number of amides is 1. The minimum absolute atomic E-state index is 0.0426. The zero-order valence-electron chi connectivity index (χ0n) is 14.2. The number of nitrogens with zero attached hydrogens (tertiary/aromatic N) is 3. The Hall–Kier alpha value is -2.28. The van der Waals surface area contributed by atoms with E-state index in [1.54, 1.807) is 24.4 Å². The second-order valence-electron chi connectivity index (χ2n) is 7.53. The van der Waals surface area contributed by atoms with Gasteiger partial charge in [0, 0.05) is 24.7 Å². The first-order chi connectivity index (χ1) is 12.6. The Labute approximate surface area is 150 Å². The largest absolute Gasteiger partial charge is 0.332 e. The molecule has 5 heterocycles. The Morgan fingerprint density at radius 2 is 1.96 bits per heavy atom. The van der Waals surface area contributed by atoms with Crippen LogP contribution >= 0.6 is 0 Å². The lowest BCUT2D eigenvalue weighted by atomic mass is 9.75. The molecule has 4 saturated heterocycles. The summed E-state index contributed by atoms with van der Waals surface area (Å²) in [6, 6.07) is 6.11. The molecule has 0 spiro atoms. The zero-order valence-corrected chi connectivity index (χ0v) is 14.2. The number of nitrogens with one attached hydrogen (secondary N) is 1. The van der Waals surface area contributed by atoms with Crippen molar-refractivity contribution >= 4 is 5.91 Å². The maximum atomic E-state index is 14.5. The van der Waals surface area contributed by atoms with Gasteiger partial charge >= 0.3 is 0 Å². The predicted octanol–water partition coefficient (Wildman–Crippen LogP) is 2.39. The molecule has 1 aromatic heterocycles. The molecule has 1 aromatic carbocycles. The van der Waals surface area contributed by atoms with Crippen molar-refractivity contribution in [2.75, 3.05) is 19.6 Å². The number of fused-ring (bicyclic) bond motifs is 2. The number of H-pyrrole nitrogens is 1. The van der Waals surface area contributed by atoms with E-state index in [-0.39, 0.29) is 23.9 Å². The number of carbonyl (C=O) groups is 1. The van der Waals surface area contributed by atoms with Crippen LogP contribution in [0.2, 0.25) is 0 Å². The van der Waals surface area contributed by atoms with Crippen molar-refractivity contribution in [1.29, 1.82) is 0 Å². The lowest BCUT2D eigenvalue weighted by Gasteiger charge is -2.51. The minimum atomic E-state index is -0.826. The number of rotatable bonds is 2. The van der Waals surface area contributed by atoms with Gasteiger partial charge in [0.25, 0.3) is 5.91 Å². The van der Waals surface area contributed by atoms with Gasteiger partial charge < -0.3 is 4.90 Å². The van der Waals surface area contributed by atoms with Crippen molar-refractivity contribution in [3.63, 3.8) is 0 Å². The highest BCUT2D eigenvalue weighted by Crippen LogP contribution is 2.47. The van der Waals surface area contributed by atoms with Crippen LogP contribution < -0.4 is 0 Å². The minimum Gasteiger partial charge on any atom is -0.332 e. The number of hydrogen-bond acceptors (Lipinski definition) is 3. The number of likely N-dealkylation sites (tertiary alicyclic amines) is 1. The summed E-state index contributed by atoms with van der Waals surface area (Å²) in [4.78, 5) is 17.3. The molecule has 2 aromatic rings. The summed E-state index contributed by atoms with van der Waals surface area (Å²) in [5, 5.41) is 6.62. The maximum Gasteiger partial charge on any atom is 0.272 e. The van der Waals surface area contributed by atoms with E-state index < -0.39 is 11.6 Å². The van der Waals surface area contributed by atoms with Gasteiger partial charge in [0.1, 0.15) is 5.69 Å². The molecule has 136 valence electrons. The van der Waals surface area contributed by atoms with Crippen LogP contribution in [-0.4, -0.2) is 57.6 Å². The van der Waals surface area contributed by atoms with Gasteiger partial charge in [-0.1, -0.05) is 12.1 Å². The Kier molecular flexibility index (Phi) is 3.60. The van der Waals surface area contributed by atoms with Gasteiger partial charge in [0.2, 0.25) is 0 Å². The molecular formula is C19H20F2N4O. The normalized spacial score (nSPS) is 32.7. The summed E-state index contributed by atoms with van der Waals surface area (Å²) < 4.78 is 28.4. The lowest BCUT2D eigenvalue weighted by Crippen LogP contribution is -2.60. The molecule has 0 aliphatic carbocycles. The van der Waals surface area contributed by atoms with Gasteiger partial charge in [-0.15, -0.1) is 0 Å². The van der Waals surface area contributed by atoms with E-state index in [0.717, 1.165) is 32.0 Å². The van der Waals surface area contributed by atoms with E-state index in [2.05, 4.69) is 15.1 Å². The Bertz CT molecular complexity index is 832. The van der Waals surface area contributed by atoms with Gasteiger partial charge in [-0.3, -0.25) is 14.8 Å². The third-order valence-corrected chi connectivity index (χ3v) is 6.37. The molecule has 4 aliphatic rings. The summed E-state index contributed by atoms with van der Waals surface area (Å²) in [7, 11) is 0. The number of hydrogen-bond donors (Lipinski definition) is 1. The fourth-order valence-corrected chi connectivity index (χ4v) is 5.26. The zero-order chi connectivity index (χ0) is 17.8. The SMILES string of the molecule is O=C(c1ccn[nH]1)N1C[C@H](c2cccc(F)c2F)[C@@H]2[C@H]1C1CCN2CC1. The second kappa shape index (κ2) is 5.87. The lowest BCUT2D eigenvalue weighted by molar-refractivity contribution is -0.00376. The molecular weight excluding hydrogens is 338 g/mol. The van der Waals surface area contributed by atoms with Crippen LogP contribution in [0.1, 0.15) is 34.8 Å². The first-order valence-electron chi connectivity index (χ1n) is 9.13. The smallest absolute Gasteiger partial charge is 0.272 e. The molecule has 7 heteroatoms. The average Bonchev–Trinajstić information content (AvgIpc) is 3.33. The number of aromatic nitrogens is 2. The first kappa shape index (κ1) is 15.9. The maximum absolute atomic E-state index is 14.5. The highest BCUT2D eigenvalue weighted by molar-refractivity contribution is 5.92. The number of piperidine rings is 3. The summed E-state index contributed by atoms with van der Waals surface area (Å²) in [6.45, 7) is 2.33. The number of halogens is 2. The molecule has 0 radical (unpaired) electrons. The molecule has 5 nitrogen and oxygen atoms in total. The van der Waals surface area contributed by atoms with Gasteiger partial charge in [0.05, 0.1) is 6.04 Å². The summed E-state index contributed by atoms with van der Waals surface area (Å²) in [6.07, 6.45) is 3.65. The molecule has 0 unspecified atom stereocenters. The summed E-state index contributed by atoms with van der Waals surface area (Å²) >= 11 is 0. The Morgan fingerprint density at radius 1 is 1.15 bits per heavy atom. The Balaban J connectivity index is 1.57. The molecule has 4 aliphatic heterocycles. The fourth-order valence-electron chi connectivity index (χ4n) is 5.26. The topological polar surface area (TPSA) is 52.2 Å². The molecule has 0 saturated carbocycles. The van der Waals surface area contributed by atoms with Crippen LogP contribution in [0.15, 0.2) is 30.5 Å². The van der Waals surface area contributed by atoms with Crippen molar-refractivity contribution in [3.05, 3.63) is 53.4 Å². The van der Waals surface area contributed by atoms with Crippen LogP contribution in [-0.2, 0) is 0 Å². The molecule has 1 N–H and O–H groups in total. The quantitative estimate of drug-likeness (QED) is 0.897. The van der Waals surface area contributed by atoms with E-state index in [1.807, 2.05) is 4.90 Å². The van der Waals surface area contributed by atoms with Crippen LogP contribution in [0, 0.1) is 17.6 Å². The van der Waals surface area contributed by atoms with E-state index >= 15 is 0 Å². The van der Waals surface area contributed by atoms with Gasteiger partial charge in [0.15, 0.2) is 11.6 Å². The van der Waals surface area contributed by atoms with Crippen molar-refractivity contribution in [2.45, 2.75) is 30.8 Å². The van der Waals surface area contributed by atoms with Crippen molar-refractivity contribution in [3.8, 4) is 0 Å². The van der Waals surface area contributed by atoms with Gasteiger partial charge in [-0.25, -0.2) is 8.78 Å². The number of benzene rings is 1. The van der Waals surface area contributed by atoms with Crippen LogP contribution in [0.4, 0.5) is 8.78 Å². The average molecular weight is 358 g/mol. The summed E-state index contributed by atoms with van der Waals surface area (Å²) in [5.74, 6) is -1.52. The monoisotopic (exact) mass is 358 g/mol.